The molecule has 0 aliphatic heterocycles. The van der Waals surface area contributed by atoms with E-state index < -0.39 is 16.5 Å². The van der Waals surface area contributed by atoms with Crippen molar-refractivity contribution in [1.29, 1.82) is 0 Å². The van der Waals surface area contributed by atoms with E-state index in [0.29, 0.717) is 30.1 Å². The topological polar surface area (TPSA) is 63.6 Å². The van der Waals surface area contributed by atoms with Gasteiger partial charge in [0.2, 0.25) is 0 Å². The summed E-state index contributed by atoms with van der Waals surface area (Å²) in [6, 6.07) is 0. The van der Waals surface area contributed by atoms with E-state index >= 15 is 0 Å². The molecule has 4 aliphatic rings. The Kier molecular flexibility index (Phi) is 6.77. The van der Waals surface area contributed by atoms with Gasteiger partial charge < -0.3 is 0 Å². The molecule has 7 atom stereocenters. The summed E-state index contributed by atoms with van der Waals surface area (Å²) >= 11 is 0. The molecule has 2 fully saturated rings. The molecule has 0 aromatic rings. The van der Waals surface area contributed by atoms with Crippen molar-refractivity contribution in [2.75, 3.05) is 0 Å². The Morgan fingerprint density at radius 3 is 2.56 bits per heavy atom. The number of rotatable bonds is 7. The second kappa shape index (κ2) is 8.85. The van der Waals surface area contributed by atoms with Gasteiger partial charge in [-0.2, -0.15) is 8.42 Å². The van der Waals surface area contributed by atoms with E-state index in [1.807, 2.05) is 0 Å². The molecule has 5 heteroatoms. The fourth-order valence-electron chi connectivity index (χ4n) is 8.15. The maximum absolute atomic E-state index is 11.2. The van der Waals surface area contributed by atoms with Gasteiger partial charge in [0.1, 0.15) is 0 Å². The van der Waals surface area contributed by atoms with Crippen LogP contribution in [0.4, 0.5) is 0 Å². The molecule has 0 amide bonds. The van der Waals surface area contributed by atoms with Gasteiger partial charge in [-0.1, -0.05) is 71.6 Å². The minimum atomic E-state index is -4.39. The standard InChI is InChI=1S/C27H44O4S/c1-18(2)7-6-8-19(3)23-11-12-24-22-10-9-20-17-21(31-32(28,29)30)13-15-26(20,4)25(22)14-16-27(23,24)5/h9-10,18-21,23-24H,6-8,11-17H2,1-5H3,(H,28,29,30)/t19-,20?,21+,23-,24+,26+,27-/m1/s1. The molecular formula is C27H44O4S. The third-order valence-corrected chi connectivity index (χ3v) is 10.5. The number of allylic oxidation sites excluding steroid dienone is 4. The van der Waals surface area contributed by atoms with Gasteiger partial charge in [-0.3, -0.25) is 4.55 Å². The molecule has 182 valence electrons. The SMILES string of the molecule is CC(C)CCC[C@@H](C)[C@H]1CC[C@H]2C3=C(CC[C@]12C)[C@@]1(C)CC[C@H](OS(=O)(=O)O)CC1C=C3. The molecular weight excluding hydrogens is 420 g/mol. The maximum atomic E-state index is 11.2. The van der Waals surface area contributed by atoms with Crippen LogP contribution < -0.4 is 0 Å². The first-order chi connectivity index (χ1) is 14.9. The van der Waals surface area contributed by atoms with E-state index in [1.54, 1.807) is 11.1 Å². The fraction of sp³-hybridized carbons (Fsp3) is 0.852. The van der Waals surface area contributed by atoms with Crippen LogP contribution in [0, 0.1) is 40.4 Å². The highest BCUT2D eigenvalue weighted by Gasteiger charge is 2.55. The molecule has 4 rings (SSSR count). The summed E-state index contributed by atoms with van der Waals surface area (Å²) in [6.45, 7) is 12.1. The van der Waals surface area contributed by atoms with Crippen LogP contribution in [-0.2, 0) is 14.6 Å². The lowest BCUT2D eigenvalue weighted by molar-refractivity contribution is 0.0520. The van der Waals surface area contributed by atoms with E-state index in [4.69, 9.17) is 8.74 Å². The molecule has 32 heavy (non-hydrogen) atoms. The van der Waals surface area contributed by atoms with E-state index in [1.165, 1.54) is 44.9 Å². The quantitative estimate of drug-likeness (QED) is 0.407. The molecule has 4 nitrogen and oxygen atoms in total. The second-order valence-electron chi connectivity index (χ2n) is 12.3. The monoisotopic (exact) mass is 464 g/mol. The molecule has 0 bridgehead atoms. The molecule has 0 radical (unpaired) electrons. The first-order valence-electron chi connectivity index (χ1n) is 13.0. The highest BCUT2D eigenvalue weighted by Crippen LogP contribution is 2.64. The largest absolute Gasteiger partial charge is 0.397 e. The predicted molar refractivity (Wildman–Crippen MR) is 129 cm³/mol. The van der Waals surface area contributed by atoms with E-state index in [2.05, 4.69) is 46.8 Å². The van der Waals surface area contributed by atoms with Crippen LogP contribution in [0.2, 0.25) is 0 Å². The Labute approximate surface area is 196 Å². The Morgan fingerprint density at radius 2 is 1.88 bits per heavy atom. The Balaban J connectivity index is 1.50. The Hall–Kier alpha value is -0.650. The van der Waals surface area contributed by atoms with Crippen molar-refractivity contribution >= 4 is 10.4 Å². The highest BCUT2D eigenvalue weighted by molar-refractivity contribution is 7.80. The van der Waals surface area contributed by atoms with Gasteiger partial charge in [-0.05, 0) is 90.9 Å². The summed E-state index contributed by atoms with van der Waals surface area (Å²) in [6.07, 6.45) is 15.8. The van der Waals surface area contributed by atoms with Gasteiger partial charge >= 0.3 is 10.4 Å². The first kappa shape index (κ1) is 24.5. The summed E-state index contributed by atoms with van der Waals surface area (Å²) in [5.74, 6) is 3.39. The van der Waals surface area contributed by atoms with Gasteiger partial charge in [-0.15, -0.1) is 0 Å². The molecule has 1 unspecified atom stereocenters. The van der Waals surface area contributed by atoms with Crippen LogP contribution in [0.1, 0.15) is 98.8 Å². The summed E-state index contributed by atoms with van der Waals surface area (Å²) in [5.41, 5.74) is 3.77. The molecule has 1 N–H and O–H groups in total. The van der Waals surface area contributed by atoms with Crippen LogP contribution >= 0.6 is 0 Å². The van der Waals surface area contributed by atoms with Crippen molar-refractivity contribution in [2.45, 2.75) is 105 Å². The van der Waals surface area contributed by atoms with Crippen molar-refractivity contribution in [3.05, 3.63) is 23.3 Å². The molecule has 0 aromatic heterocycles. The molecule has 2 saturated carbocycles. The molecule has 0 spiro atoms. The summed E-state index contributed by atoms with van der Waals surface area (Å²) in [4.78, 5) is 0. The van der Waals surface area contributed by atoms with Gasteiger partial charge in [0, 0.05) is 0 Å². The van der Waals surface area contributed by atoms with Crippen molar-refractivity contribution < 1.29 is 17.2 Å². The van der Waals surface area contributed by atoms with Gasteiger partial charge in [0.05, 0.1) is 6.10 Å². The lowest BCUT2D eigenvalue weighted by Gasteiger charge is -2.53. The average Bonchev–Trinajstić information content (AvgIpc) is 3.04. The third kappa shape index (κ3) is 4.51. The number of hydrogen-bond acceptors (Lipinski definition) is 3. The predicted octanol–water partition coefficient (Wildman–Crippen LogP) is 7.14. The van der Waals surface area contributed by atoms with Crippen molar-refractivity contribution in [3.8, 4) is 0 Å². The van der Waals surface area contributed by atoms with Crippen molar-refractivity contribution in [2.24, 2.45) is 40.4 Å². The number of fused-ring (bicyclic) bond motifs is 4. The zero-order valence-electron chi connectivity index (χ0n) is 20.8. The smallest absolute Gasteiger partial charge is 0.264 e. The molecule has 4 aliphatic carbocycles. The summed E-state index contributed by atoms with van der Waals surface area (Å²) in [7, 11) is -4.39. The van der Waals surface area contributed by atoms with Crippen LogP contribution in [-0.4, -0.2) is 19.1 Å². The van der Waals surface area contributed by atoms with Gasteiger partial charge in [0.15, 0.2) is 0 Å². The molecule has 0 saturated heterocycles. The Morgan fingerprint density at radius 1 is 1.12 bits per heavy atom. The normalized spacial score (nSPS) is 40.2. The summed E-state index contributed by atoms with van der Waals surface area (Å²) in [5, 5.41) is 0. The zero-order valence-corrected chi connectivity index (χ0v) is 21.6. The average molecular weight is 465 g/mol. The van der Waals surface area contributed by atoms with Crippen molar-refractivity contribution in [1.82, 2.24) is 0 Å². The minimum Gasteiger partial charge on any atom is -0.264 e. The maximum Gasteiger partial charge on any atom is 0.397 e. The van der Waals surface area contributed by atoms with Gasteiger partial charge in [0.25, 0.3) is 0 Å². The zero-order chi connectivity index (χ0) is 23.3. The van der Waals surface area contributed by atoms with Gasteiger partial charge in [-0.25, -0.2) is 4.18 Å². The second-order valence-corrected chi connectivity index (χ2v) is 13.3. The van der Waals surface area contributed by atoms with Crippen LogP contribution in [0.5, 0.6) is 0 Å². The Bertz CT molecular complexity index is 872. The highest BCUT2D eigenvalue weighted by atomic mass is 32.3. The first-order valence-corrected chi connectivity index (χ1v) is 14.4. The fourth-order valence-corrected chi connectivity index (χ4v) is 8.67. The summed E-state index contributed by atoms with van der Waals surface area (Å²) < 4.78 is 36.5. The lowest BCUT2D eigenvalue weighted by Crippen LogP contribution is -2.44. The van der Waals surface area contributed by atoms with E-state index in [9.17, 15) is 8.42 Å². The third-order valence-electron chi connectivity index (χ3n) is 9.95. The molecule has 0 heterocycles. The number of hydrogen-bond donors (Lipinski definition) is 1. The van der Waals surface area contributed by atoms with Crippen LogP contribution in [0.3, 0.4) is 0 Å². The van der Waals surface area contributed by atoms with Crippen LogP contribution in [0.25, 0.3) is 0 Å². The van der Waals surface area contributed by atoms with Crippen molar-refractivity contribution in [3.63, 3.8) is 0 Å². The van der Waals surface area contributed by atoms with E-state index in [0.717, 1.165) is 24.2 Å². The van der Waals surface area contributed by atoms with Crippen LogP contribution in [0.15, 0.2) is 23.3 Å². The molecule has 0 aromatic carbocycles. The van der Waals surface area contributed by atoms with E-state index in [-0.39, 0.29) is 5.41 Å². The lowest BCUT2D eigenvalue weighted by atomic mass is 9.52. The minimum absolute atomic E-state index is 0.103.